The highest BCUT2D eigenvalue weighted by atomic mass is 16.5. The molecule has 3 rings (SSSR count). The van der Waals surface area contributed by atoms with Gasteiger partial charge in [0.05, 0.1) is 7.11 Å². The van der Waals surface area contributed by atoms with Gasteiger partial charge in [0.1, 0.15) is 24.2 Å². The van der Waals surface area contributed by atoms with E-state index in [2.05, 4.69) is 10.6 Å². The Balaban J connectivity index is 1.38. The number of methoxy groups -OCH3 is 1. The Morgan fingerprint density at radius 3 is 2.96 bits per heavy atom. The van der Waals surface area contributed by atoms with Gasteiger partial charge in [-0.25, -0.2) is 0 Å². The molecule has 1 aliphatic heterocycles. The fraction of sp³-hybridized carbons (Fsp3) is 0.318. The van der Waals surface area contributed by atoms with E-state index in [4.69, 9.17) is 9.47 Å². The second-order valence-electron chi connectivity index (χ2n) is 6.63. The first kappa shape index (κ1) is 19.9. The van der Waals surface area contributed by atoms with E-state index in [-0.39, 0.29) is 12.5 Å². The van der Waals surface area contributed by atoms with Crippen LogP contribution >= 0.6 is 0 Å². The molecule has 6 heteroatoms. The molecule has 148 valence electrons. The molecule has 0 radical (unpaired) electrons. The van der Waals surface area contributed by atoms with Crippen molar-refractivity contribution in [3.63, 3.8) is 0 Å². The molecule has 0 spiro atoms. The zero-order valence-electron chi connectivity index (χ0n) is 16.0. The molecule has 1 heterocycles. The van der Waals surface area contributed by atoms with Gasteiger partial charge in [-0.1, -0.05) is 30.4 Å². The van der Waals surface area contributed by atoms with Gasteiger partial charge in [-0.3, -0.25) is 4.79 Å². The minimum Gasteiger partial charge on any atom is -0.496 e. The number of rotatable bonds is 9. The molecule has 0 aromatic heterocycles. The van der Waals surface area contributed by atoms with Crippen molar-refractivity contribution in [3.8, 4) is 11.5 Å². The van der Waals surface area contributed by atoms with Gasteiger partial charge in [0.25, 0.3) is 0 Å². The largest absolute Gasteiger partial charge is 0.496 e. The second kappa shape index (κ2) is 9.92. The average Bonchev–Trinajstić information content (AvgIpc) is 2.72. The van der Waals surface area contributed by atoms with Crippen LogP contribution in [-0.2, 0) is 11.2 Å². The summed E-state index contributed by atoms with van der Waals surface area (Å²) in [5, 5.41) is 16.1. The number of nitrogens with one attached hydrogen (secondary N) is 2. The summed E-state index contributed by atoms with van der Waals surface area (Å²) in [6.07, 6.45) is 4.56. The number of carbonyl (C=O) groups excluding carboxylic acids is 1. The van der Waals surface area contributed by atoms with Gasteiger partial charge in [0.15, 0.2) is 0 Å². The number of anilines is 1. The summed E-state index contributed by atoms with van der Waals surface area (Å²) in [4.78, 5) is 11.4. The van der Waals surface area contributed by atoms with Gasteiger partial charge in [0.2, 0.25) is 5.91 Å². The Labute approximate surface area is 165 Å². The van der Waals surface area contributed by atoms with Crippen molar-refractivity contribution in [2.75, 3.05) is 32.1 Å². The lowest BCUT2D eigenvalue weighted by molar-refractivity contribution is -0.116. The third-order valence-electron chi connectivity index (χ3n) is 4.49. The number of amides is 1. The Morgan fingerprint density at radius 1 is 1.25 bits per heavy atom. The number of aryl methyl sites for hydroxylation is 1. The molecule has 0 saturated carbocycles. The number of ether oxygens (including phenoxy) is 2. The highest BCUT2D eigenvalue weighted by Gasteiger charge is 2.15. The zero-order valence-corrected chi connectivity index (χ0v) is 16.0. The highest BCUT2D eigenvalue weighted by Crippen LogP contribution is 2.26. The summed E-state index contributed by atoms with van der Waals surface area (Å²) in [5.74, 6) is 1.57. The van der Waals surface area contributed by atoms with Gasteiger partial charge in [-0.05, 0) is 36.2 Å². The van der Waals surface area contributed by atoms with Crippen molar-refractivity contribution < 1.29 is 19.4 Å². The predicted molar refractivity (Wildman–Crippen MR) is 110 cm³/mol. The third-order valence-corrected chi connectivity index (χ3v) is 4.49. The van der Waals surface area contributed by atoms with Crippen LogP contribution in [0.3, 0.4) is 0 Å². The molecular weight excluding hydrogens is 356 g/mol. The SMILES string of the molecule is COc1ccccc1/C=C/CNCC(O)COc1ccc2c(c1)CCC(=O)N2. The molecule has 2 aromatic rings. The lowest BCUT2D eigenvalue weighted by atomic mass is 10.0. The normalized spacial score (nSPS) is 14.4. The van der Waals surface area contributed by atoms with Crippen molar-refractivity contribution in [1.29, 1.82) is 0 Å². The van der Waals surface area contributed by atoms with Gasteiger partial charge in [-0.2, -0.15) is 0 Å². The number of carbonyl (C=O) groups is 1. The summed E-state index contributed by atoms with van der Waals surface area (Å²) < 4.78 is 11.0. The Bertz CT molecular complexity index is 835. The number of aliphatic hydroxyl groups is 1. The van der Waals surface area contributed by atoms with Crippen molar-refractivity contribution in [1.82, 2.24) is 5.32 Å². The topological polar surface area (TPSA) is 79.8 Å². The molecule has 0 saturated heterocycles. The molecule has 0 aliphatic carbocycles. The van der Waals surface area contributed by atoms with Gasteiger partial charge in [0, 0.05) is 30.8 Å². The zero-order chi connectivity index (χ0) is 19.8. The van der Waals surface area contributed by atoms with Gasteiger partial charge >= 0.3 is 0 Å². The first-order valence-corrected chi connectivity index (χ1v) is 9.39. The summed E-state index contributed by atoms with van der Waals surface area (Å²) in [7, 11) is 1.65. The average molecular weight is 382 g/mol. The Morgan fingerprint density at radius 2 is 2.11 bits per heavy atom. The van der Waals surface area contributed by atoms with Crippen LogP contribution in [0.5, 0.6) is 11.5 Å². The summed E-state index contributed by atoms with van der Waals surface area (Å²) in [6, 6.07) is 13.4. The van der Waals surface area contributed by atoms with E-state index >= 15 is 0 Å². The number of aliphatic hydroxyl groups excluding tert-OH is 1. The summed E-state index contributed by atoms with van der Waals surface area (Å²) in [6.45, 7) is 1.26. The quantitative estimate of drug-likeness (QED) is 0.581. The van der Waals surface area contributed by atoms with E-state index < -0.39 is 6.10 Å². The second-order valence-corrected chi connectivity index (χ2v) is 6.63. The maximum absolute atomic E-state index is 11.4. The lowest BCUT2D eigenvalue weighted by Gasteiger charge is -2.18. The van der Waals surface area contributed by atoms with E-state index in [9.17, 15) is 9.90 Å². The van der Waals surface area contributed by atoms with Crippen LogP contribution in [0, 0.1) is 0 Å². The molecule has 1 atom stereocenters. The molecule has 1 unspecified atom stereocenters. The Kier molecular flexibility index (Phi) is 7.06. The van der Waals surface area contributed by atoms with Crippen LogP contribution in [0.15, 0.2) is 48.5 Å². The maximum Gasteiger partial charge on any atom is 0.224 e. The van der Waals surface area contributed by atoms with Crippen molar-refractivity contribution >= 4 is 17.7 Å². The fourth-order valence-corrected chi connectivity index (χ4v) is 3.02. The van der Waals surface area contributed by atoms with Crippen LogP contribution < -0.4 is 20.1 Å². The molecule has 1 aliphatic rings. The van der Waals surface area contributed by atoms with Crippen LogP contribution in [-0.4, -0.2) is 43.9 Å². The van der Waals surface area contributed by atoms with Crippen LogP contribution in [0.4, 0.5) is 5.69 Å². The van der Waals surface area contributed by atoms with E-state index in [1.165, 1.54) is 0 Å². The third kappa shape index (κ3) is 5.58. The van der Waals surface area contributed by atoms with E-state index in [0.717, 1.165) is 22.6 Å². The van der Waals surface area contributed by atoms with Crippen LogP contribution in [0.2, 0.25) is 0 Å². The number of hydrogen-bond donors (Lipinski definition) is 3. The smallest absolute Gasteiger partial charge is 0.224 e. The minimum atomic E-state index is -0.615. The minimum absolute atomic E-state index is 0.0439. The van der Waals surface area contributed by atoms with Crippen molar-refractivity contribution in [2.24, 2.45) is 0 Å². The number of fused-ring (bicyclic) bond motifs is 1. The van der Waals surface area contributed by atoms with E-state index in [1.54, 1.807) is 13.2 Å². The Hall–Kier alpha value is -2.83. The predicted octanol–water partition coefficient (Wildman–Crippen LogP) is 2.62. The fourth-order valence-electron chi connectivity index (χ4n) is 3.02. The van der Waals surface area contributed by atoms with Crippen LogP contribution in [0.1, 0.15) is 17.5 Å². The molecular formula is C22H26N2O4. The highest BCUT2D eigenvalue weighted by molar-refractivity contribution is 5.94. The van der Waals surface area contributed by atoms with E-state index in [0.29, 0.717) is 31.7 Å². The lowest BCUT2D eigenvalue weighted by Crippen LogP contribution is -2.31. The van der Waals surface area contributed by atoms with Crippen molar-refractivity contribution in [2.45, 2.75) is 18.9 Å². The molecule has 0 fully saturated rings. The molecule has 0 bridgehead atoms. The first-order valence-electron chi connectivity index (χ1n) is 9.39. The standard InChI is InChI=1S/C22H26N2O4/c1-27-21-7-3-2-5-16(21)6-4-12-23-14-18(25)15-28-19-9-10-20-17(13-19)8-11-22(26)24-20/h2-7,9-10,13,18,23,25H,8,11-12,14-15H2,1H3,(H,24,26)/b6-4+. The number of para-hydroxylation sites is 1. The van der Waals surface area contributed by atoms with Gasteiger partial charge in [-0.15, -0.1) is 0 Å². The molecule has 6 nitrogen and oxygen atoms in total. The summed E-state index contributed by atoms with van der Waals surface area (Å²) in [5.41, 5.74) is 2.91. The molecule has 2 aromatic carbocycles. The van der Waals surface area contributed by atoms with Gasteiger partial charge < -0.3 is 25.2 Å². The van der Waals surface area contributed by atoms with Crippen LogP contribution in [0.25, 0.3) is 6.08 Å². The summed E-state index contributed by atoms with van der Waals surface area (Å²) >= 11 is 0. The number of hydrogen-bond acceptors (Lipinski definition) is 5. The monoisotopic (exact) mass is 382 g/mol. The first-order chi connectivity index (χ1) is 13.7. The molecule has 1 amide bonds. The molecule has 3 N–H and O–H groups in total. The van der Waals surface area contributed by atoms with Crippen molar-refractivity contribution in [3.05, 3.63) is 59.7 Å². The molecule has 28 heavy (non-hydrogen) atoms. The maximum atomic E-state index is 11.4. The van der Waals surface area contributed by atoms with E-state index in [1.807, 2.05) is 48.6 Å². The number of benzene rings is 2.